The molecular formula is C22H16Cl2N4O2. The van der Waals surface area contributed by atoms with Crippen molar-refractivity contribution >= 4 is 35.0 Å². The summed E-state index contributed by atoms with van der Waals surface area (Å²) in [5.41, 5.74) is 4.18. The SMILES string of the molecule is Cc1cccc(-c2noc(NC(=O)Cc3c(Cl)cccc3Cl)c2-c2ccncn2)c1. The zero-order valence-corrected chi connectivity index (χ0v) is 17.4. The van der Waals surface area contributed by atoms with E-state index in [1.807, 2.05) is 31.2 Å². The second-order valence-corrected chi connectivity index (χ2v) is 7.44. The highest BCUT2D eigenvalue weighted by atomic mass is 35.5. The summed E-state index contributed by atoms with van der Waals surface area (Å²) in [6.45, 7) is 1.99. The van der Waals surface area contributed by atoms with Crippen LogP contribution in [0.25, 0.3) is 22.5 Å². The molecule has 150 valence electrons. The monoisotopic (exact) mass is 438 g/mol. The Morgan fingerprint density at radius 1 is 1.10 bits per heavy atom. The van der Waals surface area contributed by atoms with Crippen LogP contribution in [-0.2, 0) is 11.2 Å². The van der Waals surface area contributed by atoms with E-state index in [4.69, 9.17) is 27.7 Å². The molecule has 1 amide bonds. The highest BCUT2D eigenvalue weighted by molar-refractivity contribution is 6.36. The molecule has 1 N–H and O–H groups in total. The fourth-order valence-electron chi connectivity index (χ4n) is 3.07. The number of amides is 1. The third-order valence-electron chi connectivity index (χ3n) is 4.47. The number of carbonyl (C=O) groups excluding carboxylic acids is 1. The molecule has 30 heavy (non-hydrogen) atoms. The zero-order chi connectivity index (χ0) is 21.1. The van der Waals surface area contributed by atoms with Crippen LogP contribution in [0.1, 0.15) is 11.1 Å². The van der Waals surface area contributed by atoms with E-state index in [-0.39, 0.29) is 18.2 Å². The third-order valence-corrected chi connectivity index (χ3v) is 5.18. The van der Waals surface area contributed by atoms with Crippen LogP contribution in [0.2, 0.25) is 10.0 Å². The van der Waals surface area contributed by atoms with Crippen LogP contribution >= 0.6 is 23.2 Å². The second kappa shape index (κ2) is 8.65. The maximum absolute atomic E-state index is 12.7. The van der Waals surface area contributed by atoms with E-state index >= 15 is 0 Å². The van der Waals surface area contributed by atoms with Crippen molar-refractivity contribution in [1.82, 2.24) is 15.1 Å². The maximum atomic E-state index is 12.7. The van der Waals surface area contributed by atoms with Crippen molar-refractivity contribution in [2.75, 3.05) is 5.32 Å². The van der Waals surface area contributed by atoms with Gasteiger partial charge in [0.2, 0.25) is 11.8 Å². The van der Waals surface area contributed by atoms with Gasteiger partial charge in [0.05, 0.1) is 17.7 Å². The van der Waals surface area contributed by atoms with Crippen LogP contribution < -0.4 is 5.32 Å². The molecule has 0 unspecified atom stereocenters. The average Bonchev–Trinajstić information content (AvgIpc) is 3.15. The molecule has 0 bridgehead atoms. The molecule has 4 aromatic rings. The van der Waals surface area contributed by atoms with Crippen molar-refractivity contribution in [3.63, 3.8) is 0 Å². The number of anilines is 1. The molecule has 0 saturated heterocycles. The number of hydrogen-bond acceptors (Lipinski definition) is 5. The molecule has 6 nitrogen and oxygen atoms in total. The number of carbonyl (C=O) groups is 1. The molecule has 8 heteroatoms. The quantitative estimate of drug-likeness (QED) is 0.438. The van der Waals surface area contributed by atoms with Crippen LogP contribution in [0.3, 0.4) is 0 Å². The van der Waals surface area contributed by atoms with Gasteiger partial charge in [0.15, 0.2) is 0 Å². The largest absolute Gasteiger partial charge is 0.337 e. The molecule has 0 radical (unpaired) electrons. The molecule has 2 aromatic heterocycles. The van der Waals surface area contributed by atoms with Crippen molar-refractivity contribution < 1.29 is 9.32 Å². The minimum atomic E-state index is -0.341. The Hall–Kier alpha value is -3.22. The number of aromatic nitrogens is 3. The lowest BCUT2D eigenvalue weighted by atomic mass is 10.0. The van der Waals surface area contributed by atoms with Gasteiger partial charge in [0, 0.05) is 21.8 Å². The summed E-state index contributed by atoms with van der Waals surface area (Å²) in [6, 6.07) is 14.7. The van der Waals surface area contributed by atoms with Gasteiger partial charge in [0.25, 0.3) is 0 Å². The number of halogens is 2. The van der Waals surface area contributed by atoms with Crippen LogP contribution in [-0.4, -0.2) is 21.0 Å². The highest BCUT2D eigenvalue weighted by Crippen LogP contribution is 2.37. The smallest absolute Gasteiger partial charge is 0.241 e. The second-order valence-electron chi connectivity index (χ2n) is 6.62. The normalized spacial score (nSPS) is 10.8. The van der Waals surface area contributed by atoms with E-state index in [1.54, 1.807) is 30.5 Å². The molecular weight excluding hydrogens is 423 g/mol. The average molecular weight is 439 g/mol. The Balaban J connectivity index is 1.71. The molecule has 0 fully saturated rings. The van der Waals surface area contributed by atoms with Crippen LogP contribution in [0.15, 0.2) is 65.6 Å². The van der Waals surface area contributed by atoms with E-state index in [1.165, 1.54) is 6.33 Å². The number of nitrogens with zero attached hydrogens (tertiary/aromatic N) is 3. The first-order valence-electron chi connectivity index (χ1n) is 9.09. The van der Waals surface area contributed by atoms with Gasteiger partial charge >= 0.3 is 0 Å². The molecule has 2 aromatic carbocycles. The lowest BCUT2D eigenvalue weighted by molar-refractivity contribution is -0.115. The fourth-order valence-corrected chi connectivity index (χ4v) is 3.60. The van der Waals surface area contributed by atoms with Crippen LogP contribution in [0.4, 0.5) is 5.88 Å². The van der Waals surface area contributed by atoms with Crippen LogP contribution in [0.5, 0.6) is 0 Å². The molecule has 0 atom stereocenters. The summed E-state index contributed by atoms with van der Waals surface area (Å²) >= 11 is 12.4. The van der Waals surface area contributed by atoms with Gasteiger partial charge in [0.1, 0.15) is 12.0 Å². The van der Waals surface area contributed by atoms with Gasteiger partial charge in [-0.1, -0.05) is 58.2 Å². The van der Waals surface area contributed by atoms with E-state index in [9.17, 15) is 4.79 Å². The Bertz CT molecular complexity index is 1190. The van der Waals surface area contributed by atoms with E-state index in [2.05, 4.69) is 20.4 Å². The lowest BCUT2D eigenvalue weighted by Crippen LogP contribution is -2.15. The molecule has 2 heterocycles. The Kier molecular flexibility index (Phi) is 5.79. The van der Waals surface area contributed by atoms with Crippen LogP contribution in [0, 0.1) is 6.92 Å². The summed E-state index contributed by atoms with van der Waals surface area (Å²) in [4.78, 5) is 21.0. The van der Waals surface area contributed by atoms with Crippen molar-refractivity contribution in [2.45, 2.75) is 13.3 Å². The molecule has 0 saturated carbocycles. The number of aryl methyl sites for hydroxylation is 1. The Morgan fingerprint density at radius 3 is 2.57 bits per heavy atom. The molecule has 0 aliphatic heterocycles. The predicted octanol–water partition coefficient (Wildman–Crippen LogP) is 5.60. The summed E-state index contributed by atoms with van der Waals surface area (Å²) in [5.74, 6) is -0.148. The van der Waals surface area contributed by atoms with Gasteiger partial charge in [-0.3, -0.25) is 10.1 Å². The predicted molar refractivity (Wildman–Crippen MR) is 116 cm³/mol. The summed E-state index contributed by atoms with van der Waals surface area (Å²) in [7, 11) is 0. The fraction of sp³-hybridized carbons (Fsp3) is 0.0909. The molecule has 0 spiro atoms. The van der Waals surface area contributed by atoms with Crippen molar-refractivity contribution in [1.29, 1.82) is 0 Å². The lowest BCUT2D eigenvalue weighted by Gasteiger charge is -2.08. The number of rotatable bonds is 5. The van der Waals surface area contributed by atoms with Crippen molar-refractivity contribution in [3.8, 4) is 22.5 Å². The van der Waals surface area contributed by atoms with Gasteiger partial charge in [-0.2, -0.15) is 0 Å². The molecule has 0 aliphatic rings. The number of hydrogen-bond donors (Lipinski definition) is 1. The minimum Gasteiger partial charge on any atom is -0.337 e. The first kappa shape index (κ1) is 20.1. The number of benzene rings is 2. The van der Waals surface area contributed by atoms with E-state index in [0.717, 1.165) is 11.1 Å². The zero-order valence-electron chi connectivity index (χ0n) is 15.9. The minimum absolute atomic E-state index is 0.0117. The summed E-state index contributed by atoms with van der Waals surface area (Å²) in [5, 5.41) is 7.81. The highest BCUT2D eigenvalue weighted by Gasteiger charge is 2.23. The van der Waals surface area contributed by atoms with Gasteiger partial charge in [-0.05, 0) is 36.8 Å². The summed E-state index contributed by atoms with van der Waals surface area (Å²) < 4.78 is 5.51. The van der Waals surface area contributed by atoms with E-state index in [0.29, 0.717) is 32.6 Å². The standard InChI is InChI=1S/C22H16Cl2N4O2/c1-13-4-2-5-14(10-13)21-20(18-8-9-25-12-26-18)22(30-28-21)27-19(29)11-15-16(23)6-3-7-17(15)24/h2-10,12H,11H2,1H3,(H,27,29). The van der Waals surface area contributed by atoms with Gasteiger partial charge in [-0.15, -0.1) is 0 Å². The third kappa shape index (κ3) is 4.20. The number of nitrogens with one attached hydrogen (secondary N) is 1. The van der Waals surface area contributed by atoms with Crippen molar-refractivity contribution in [3.05, 3.63) is 82.2 Å². The maximum Gasteiger partial charge on any atom is 0.241 e. The molecule has 0 aliphatic carbocycles. The Labute approximate surface area is 182 Å². The van der Waals surface area contributed by atoms with Gasteiger partial charge < -0.3 is 4.52 Å². The first-order valence-corrected chi connectivity index (χ1v) is 9.84. The van der Waals surface area contributed by atoms with Crippen molar-refractivity contribution in [2.24, 2.45) is 0 Å². The van der Waals surface area contributed by atoms with E-state index < -0.39 is 0 Å². The first-order chi connectivity index (χ1) is 14.5. The molecule has 4 rings (SSSR count). The Morgan fingerprint density at radius 2 is 1.87 bits per heavy atom. The summed E-state index contributed by atoms with van der Waals surface area (Å²) in [6.07, 6.45) is 3.03. The van der Waals surface area contributed by atoms with Gasteiger partial charge in [-0.25, -0.2) is 9.97 Å². The topological polar surface area (TPSA) is 80.9 Å².